The van der Waals surface area contributed by atoms with E-state index in [1.54, 1.807) is 7.11 Å². The Labute approximate surface area is 197 Å². The predicted molar refractivity (Wildman–Crippen MR) is 141 cm³/mol. The van der Waals surface area contributed by atoms with Gasteiger partial charge in [0.05, 0.1) is 7.11 Å². The maximum atomic E-state index is 6.53. The first kappa shape index (κ1) is 22.4. The molecule has 33 heavy (non-hydrogen) atoms. The number of hydrogen-bond donors (Lipinski definition) is 1. The van der Waals surface area contributed by atoms with Crippen LogP contribution in [0.3, 0.4) is 0 Å². The van der Waals surface area contributed by atoms with Crippen molar-refractivity contribution in [2.75, 3.05) is 12.8 Å². The third-order valence-corrected chi connectivity index (χ3v) is 5.94. The Morgan fingerprint density at radius 2 is 1.39 bits per heavy atom. The molecule has 0 atom stereocenters. The van der Waals surface area contributed by atoms with Crippen LogP contribution in [-0.2, 0) is 5.41 Å². The number of ether oxygens (including phenoxy) is 1. The highest BCUT2D eigenvalue weighted by Gasteiger charge is 2.14. The summed E-state index contributed by atoms with van der Waals surface area (Å²) in [7, 11) is 1.68. The Bertz CT molecular complexity index is 1250. The molecule has 0 radical (unpaired) electrons. The molecule has 0 amide bonds. The number of rotatable bonds is 5. The maximum Gasteiger partial charge on any atom is 0.118 e. The lowest BCUT2D eigenvalue weighted by Gasteiger charge is -2.19. The van der Waals surface area contributed by atoms with E-state index in [4.69, 9.17) is 10.5 Å². The van der Waals surface area contributed by atoms with Crippen LogP contribution in [-0.4, -0.2) is 7.11 Å². The van der Waals surface area contributed by atoms with Crippen molar-refractivity contribution in [2.24, 2.45) is 0 Å². The number of anilines is 1. The fraction of sp³-hybridized carbons (Fsp3) is 0.161. The van der Waals surface area contributed by atoms with Gasteiger partial charge in [0.1, 0.15) is 5.75 Å². The molecule has 0 fully saturated rings. The van der Waals surface area contributed by atoms with Crippen molar-refractivity contribution in [3.63, 3.8) is 0 Å². The molecule has 0 bridgehead atoms. The smallest absolute Gasteiger partial charge is 0.118 e. The Balaban J connectivity index is 1.81. The van der Waals surface area contributed by atoms with Crippen molar-refractivity contribution < 1.29 is 4.74 Å². The minimum atomic E-state index is 0.131. The summed E-state index contributed by atoms with van der Waals surface area (Å²) >= 11 is 0. The van der Waals surface area contributed by atoms with Crippen molar-refractivity contribution in [1.29, 1.82) is 0 Å². The summed E-state index contributed by atoms with van der Waals surface area (Å²) in [5.74, 6) is 0.841. The van der Waals surface area contributed by atoms with Crippen LogP contribution in [0.15, 0.2) is 97.1 Å². The topological polar surface area (TPSA) is 35.2 Å². The molecule has 2 nitrogen and oxygen atoms in total. The van der Waals surface area contributed by atoms with Gasteiger partial charge in [-0.15, -0.1) is 0 Å². The van der Waals surface area contributed by atoms with E-state index in [0.29, 0.717) is 0 Å². The van der Waals surface area contributed by atoms with E-state index >= 15 is 0 Å². The summed E-state index contributed by atoms with van der Waals surface area (Å²) in [6.45, 7) is 6.71. The van der Waals surface area contributed by atoms with Crippen molar-refractivity contribution in [2.45, 2.75) is 26.2 Å². The third kappa shape index (κ3) is 5.18. The second-order valence-corrected chi connectivity index (χ2v) is 9.33. The first-order valence-corrected chi connectivity index (χ1v) is 11.3. The molecule has 2 N–H and O–H groups in total. The van der Waals surface area contributed by atoms with Gasteiger partial charge in [0.2, 0.25) is 0 Å². The Kier molecular flexibility index (Phi) is 6.37. The molecule has 0 heterocycles. The van der Waals surface area contributed by atoms with Gasteiger partial charge in [-0.25, -0.2) is 0 Å². The molecule has 166 valence electrons. The SMILES string of the molecule is COc1ccc(/C=C(\c2ccccc2)c2cc(-c3ccc(C(C)(C)C)cc3)ccc2N)cc1. The molecular weight excluding hydrogens is 402 g/mol. The fourth-order valence-corrected chi connectivity index (χ4v) is 3.93. The summed E-state index contributed by atoms with van der Waals surface area (Å²) in [4.78, 5) is 0. The van der Waals surface area contributed by atoms with Crippen LogP contribution < -0.4 is 10.5 Å². The summed E-state index contributed by atoms with van der Waals surface area (Å²) in [5, 5.41) is 0. The van der Waals surface area contributed by atoms with E-state index < -0.39 is 0 Å². The lowest BCUT2D eigenvalue weighted by Crippen LogP contribution is -2.10. The molecule has 0 aliphatic carbocycles. The lowest BCUT2D eigenvalue weighted by molar-refractivity contribution is 0.415. The summed E-state index contributed by atoms with van der Waals surface area (Å²) in [5.41, 5.74) is 15.4. The molecule has 0 unspecified atom stereocenters. The predicted octanol–water partition coefficient (Wildman–Crippen LogP) is 7.83. The highest BCUT2D eigenvalue weighted by Crippen LogP contribution is 2.34. The van der Waals surface area contributed by atoms with Crippen molar-refractivity contribution in [3.8, 4) is 16.9 Å². The summed E-state index contributed by atoms with van der Waals surface area (Å²) in [6, 6.07) is 33.6. The molecule has 0 saturated carbocycles. The number of hydrogen-bond acceptors (Lipinski definition) is 2. The fourth-order valence-electron chi connectivity index (χ4n) is 3.93. The van der Waals surface area contributed by atoms with Crippen molar-refractivity contribution in [3.05, 3.63) is 119 Å². The average Bonchev–Trinajstić information content (AvgIpc) is 2.83. The van der Waals surface area contributed by atoms with Gasteiger partial charge in [-0.2, -0.15) is 0 Å². The normalized spacial score (nSPS) is 11.9. The zero-order valence-corrected chi connectivity index (χ0v) is 19.8. The van der Waals surface area contributed by atoms with Gasteiger partial charge in [-0.1, -0.05) is 93.6 Å². The highest BCUT2D eigenvalue weighted by atomic mass is 16.5. The highest BCUT2D eigenvalue weighted by molar-refractivity contribution is 5.96. The first-order chi connectivity index (χ1) is 15.8. The van der Waals surface area contributed by atoms with Crippen LogP contribution in [0.1, 0.15) is 43.0 Å². The van der Waals surface area contributed by atoms with Gasteiger partial charge in [0, 0.05) is 11.3 Å². The van der Waals surface area contributed by atoms with Crippen LogP contribution >= 0.6 is 0 Å². The standard InChI is InChI=1S/C31H31NO/c1-31(2,3)26-15-12-23(13-16-26)25-14-19-30(32)29(21-25)28(24-8-6-5-7-9-24)20-22-10-17-27(33-4)18-11-22/h5-21H,32H2,1-4H3/b28-20+. The van der Waals surface area contributed by atoms with Crippen molar-refractivity contribution >= 4 is 17.3 Å². The number of benzene rings is 4. The molecule has 0 aliphatic rings. The number of nitrogen functional groups attached to an aromatic ring is 1. The second-order valence-electron chi connectivity index (χ2n) is 9.33. The molecule has 2 heteroatoms. The number of nitrogens with two attached hydrogens (primary N) is 1. The first-order valence-electron chi connectivity index (χ1n) is 11.3. The monoisotopic (exact) mass is 433 g/mol. The molecular formula is C31H31NO. The van der Waals surface area contributed by atoms with Gasteiger partial charge in [0.25, 0.3) is 0 Å². The van der Waals surface area contributed by atoms with Crippen LogP contribution in [0.25, 0.3) is 22.8 Å². The van der Waals surface area contributed by atoms with Gasteiger partial charge in [-0.3, -0.25) is 0 Å². The molecule has 4 aromatic carbocycles. The molecule has 0 spiro atoms. The zero-order chi connectivity index (χ0) is 23.4. The number of methoxy groups -OCH3 is 1. The van der Waals surface area contributed by atoms with Gasteiger partial charge in [-0.05, 0) is 69.1 Å². The van der Waals surface area contributed by atoms with Crippen molar-refractivity contribution in [1.82, 2.24) is 0 Å². The minimum absolute atomic E-state index is 0.131. The van der Waals surface area contributed by atoms with E-state index in [1.165, 1.54) is 11.1 Å². The van der Waals surface area contributed by atoms with Crippen LogP contribution in [0, 0.1) is 0 Å². The zero-order valence-electron chi connectivity index (χ0n) is 19.8. The molecule has 0 aromatic heterocycles. The van der Waals surface area contributed by atoms with Gasteiger partial charge < -0.3 is 10.5 Å². The molecule has 4 aromatic rings. The molecule has 4 rings (SSSR count). The van der Waals surface area contributed by atoms with Crippen LogP contribution in [0.5, 0.6) is 5.75 Å². The van der Waals surface area contributed by atoms with E-state index in [0.717, 1.165) is 39.3 Å². The van der Waals surface area contributed by atoms with E-state index in [-0.39, 0.29) is 5.41 Å². The second kappa shape index (κ2) is 9.38. The largest absolute Gasteiger partial charge is 0.497 e. The van der Waals surface area contributed by atoms with E-state index in [1.807, 2.05) is 24.3 Å². The average molecular weight is 434 g/mol. The summed E-state index contributed by atoms with van der Waals surface area (Å²) in [6.07, 6.45) is 2.19. The Morgan fingerprint density at radius 3 is 2.00 bits per heavy atom. The van der Waals surface area contributed by atoms with Crippen LogP contribution in [0.4, 0.5) is 5.69 Å². The molecule has 0 saturated heterocycles. The van der Waals surface area contributed by atoms with Gasteiger partial charge >= 0.3 is 0 Å². The quantitative estimate of drug-likeness (QED) is 0.257. The molecule has 0 aliphatic heterocycles. The van der Waals surface area contributed by atoms with Crippen LogP contribution in [0.2, 0.25) is 0 Å². The third-order valence-electron chi connectivity index (χ3n) is 5.94. The summed E-state index contributed by atoms with van der Waals surface area (Å²) < 4.78 is 5.32. The minimum Gasteiger partial charge on any atom is -0.497 e. The van der Waals surface area contributed by atoms with E-state index in [2.05, 4.69) is 99.6 Å². The Morgan fingerprint density at radius 1 is 0.758 bits per heavy atom. The van der Waals surface area contributed by atoms with E-state index in [9.17, 15) is 0 Å². The maximum absolute atomic E-state index is 6.53. The van der Waals surface area contributed by atoms with Gasteiger partial charge in [0.15, 0.2) is 0 Å². The Hall–Kier alpha value is -3.78. The lowest BCUT2D eigenvalue weighted by atomic mass is 9.86.